The number of unbranched alkanes of at least 4 members (excludes halogenated alkanes) is 1. The molecule has 0 aliphatic heterocycles. The summed E-state index contributed by atoms with van der Waals surface area (Å²) in [6, 6.07) is 8.10. The number of methoxy groups -OCH3 is 1. The molecule has 2 rings (SSSR count). The van der Waals surface area contributed by atoms with Gasteiger partial charge in [0.05, 0.1) is 12.4 Å². The summed E-state index contributed by atoms with van der Waals surface area (Å²) in [7, 11) is 1.52. The van der Waals surface area contributed by atoms with Gasteiger partial charge >= 0.3 is 5.69 Å². The van der Waals surface area contributed by atoms with Gasteiger partial charge in [0.25, 0.3) is 5.56 Å². The summed E-state index contributed by atoms with van der Waals surface area (Å²) >= 11 is 1.38. The number of anilines is 2. The lowest BCUT2D eigenvalue weighted by atomic mass is 9.87. The van der Waals surface area contributed by atoms with E-state index in [-0.39, 0.29) is 41.7 Å². The molecular formula is C23H34N4O4S. The molecule has 2 aromatic rings. The minimum atomic E-state index is -0.677. The second-order valence-electron chi connectivity index (χ2n) is 8.60. The lowest BCUT2D eigenvalue weighted by Gasteiger charge is -2.24. The van der Waals surface area contributed by atoms with E-state index in [2.05, 4.69) is 37.9 Å². The van der Waals surface area contributed by atoms with Crippen molar-refractivity contribution in [3.63, 3.8) is 0 Å². The third kappa shape index (κ3) is 6.49. The van der Waals surface area contributed by atoms with E-state index in [0.717, 1.165) is 17.7 Å². The van der Waals surface area contributed by atoms with Crippen LogP contribution in [-0.2, 0) is 21.5 Å². The minimum Gasteiger partial charge on any atom is -0.383 e. The van der Waals surface area contributed by atoms with Gasteiger partial charge in [0.15, 0.2) is 5.69 Å². The second kappa shape index (κ2) is 11.4. The summed E-state index contributed by atoms with van der Waals surface area (Å²) < 4.78 is 6.44. The molecule has 0 aliphatic carbocycles. The molecule has 0 spiro atoms. The molecule has 8 nitrogen and oxygen atoms in total. The molecule has 1 aromatic carbocycles. The molecule has 9 heteroatoms. The van der Waals surface area contributed by atoms with Crippen LogP contribution in [-0.4, -0.2) is 41.5 Å². The highest BCUT2D eigenvalue weighted by Crippen LogP contribution is 2.26. The fourth-order valence-corrected chi connectivity index (χ4v) is 3.97. The van der Waals surface area contributed by atoms with Gasteiger partial charge in [0.2, 0.25) is 5.91 Å². The van der Waals surface area contributed by atoms with E-state index in [1.807, 2.05) is 19.1 Å². The van der Waals surface area contributed by atoms with E-state index < -0.39 is 11.2 Å². The van der Waals surface area contributed by atoms with Crippen molar-refractivity contribution in [1.82, 2.24) is 9.55 Å². The molecule has 0 saturated heterocycles. The van der Waals surface area contributed by atoms with E-state index in [9.17, 15) is 14.4 Å². The van der Waals surface area contributed by atoms with Crippen LogP contribution in [0.4, 0.5) is 11.5 Å². The second-order valence-corrected chi connectivity index (χ2v) is 9.65. The minimum absolute atomic E-state index is 0.00353. The van der Waals surface area contributed by atoms with Crippen LogP contribution in [0.25, 0.3) is 0 Å². The van der Waals surface area contributed by atoms with Crippen molar-refractivity contribution in [1.29, 1.82) is 0 Å². The van der Waals surface area contributed by atoms with E-state index in [4.69, 9.17) is 10.5 Å². The number of aromatic nitrogens is 2. The lowest BCUT2D eigenvalue weighted by molar-refractivity contribution is -0.116. The third-order valence-corrected chi connectivity index (χ3v) is 6.12. The first-order chi connectivity index (χ1) is 15.1. The first-order valence-electron chi connectivity index (χ1n) is 10.7. The molecular weight excluding hydrogens is 428 g/mol. The molecule has 3 N–H and O–H groups in total. The zero-order chi connectivity index (χ0) is 23.9. The van der Waals surface area contributed by atoms with Crippen LogP contribution in [0.3, 0.4) is 0 Å². The van der Waals surface area contributed by atoms with Crippen molar-refractivity contribution >= 4 is 29.2 Å². The summed E-state index contributed by atoms with van der Waals surface area (Å²) in [6.45, 7) is 9.18. The Morgan fingerprint density at radius 3 is 2.44 bits per heavy atom. The molecule has 0 bridgehead atoms. The van der Waals surface area contributed by atoms with E-state index in [0.29, 0.717) is 6.54 Å². The Bertz CT molecular complexity index is 1020. The molecule has 1 aromatic heterocycles. The maximum Gasteiger partial charge on any atom is 0.330 e. The first-order valence-corrected chi connectivity index (χ1v) is 11.7. The Morgan fingerprint density at radius 1 is 1.22 bits per heavy atom. The molecule has 32 heavy (non-hydrogen) atoms. The van der Waals surface area contributed by atoms with Crippen molar-refractivity contribution < 1.29 is 9.53 Å². The van der Waals surface area contributed by atoms with E-state index >= 15 is 0 Å². The zero-order valence-electron chi connectivity index (χ0n) is 19.6. The van der Waals surface area contributed by atoms with Gasteiger partial charge in [-0.1, -0.05) is 46.2 Å². The molecule has 1 heterocycles. The molecule has 0 aliphatic rings. The van der Waals surface area contributed by atoms with Gasteiger partial charge in [-0.3, -0.25) is 19.1 Å². The summed E-state index contributed by atoms with van der Waals surface area (Å²) in [4.78, 5) is 42.5. The van der Waals surface area contributed by atoms with Crippen molar-refractivity contribution in [2.24, 2.45) is 0 Å². The number of hydrogen-bond donors (Lipinski definition) is 2. The number of amides is 1. The number of thioether (sulfide) groups is 1. The summed E-state index contributed by atoms with van der Waals surface area (Å²) in [5.41, 5.74) is 6.21. The molecule has 0 saturated carbocycles. The molecule has 0 radical (unpaired) electrons. The van der Waals surface area contributed by atoms with Crippen LogP contribution < -0.4 is 21.9 Å². The average molecular weight is 463 g/mol. The maximum absolute atomic E-state index is 13.1. The monoisotopic (exact) mass is 462 g/mol. The van der Waals surface area contributed by atoms with Gasteiger partial charge in [0, 0.05) is 25.1 Å². The number of nitrogens with one attached hydrogen (secondary N) is 1. The lowest BCUT2D eigenvalue weighted by Crippen LogP contribution is -2.43. The Morgan fingerprint density at radius 2 is 1.88 bits per heavy atom. The topological polar surface area (TPSA) is 110 Å². The standard InChI is InChI=1S/C23H34N4O4S/c1-6-7-12-27-20(24)19(21(29)25-22(27)30)26(13-14-31-5)18(28)15-32-17-10-8-16(9-11-17)23(2,3)4/h8-11H,6-7,12-15,24H2,1-5H3,(H,25,29,30). The normalized spacial score (nSPS) is 11.5. The van der Waals surface area contributed by atoms with Crippen molar-refractivity contribution in [2.75, 3.05) is 36.6 Å². The molecule has 0 fully saturated rings. The number of carbonyl (C=O) groups excluding carboxylic acids is 1. The number of rotatable bonds is 10. The highest BCUT2D eigenvalue weighted by molar-refractivity contribution is 8.00. The van der Waals surface area contributed by atoms with Crippen LogP contribution in [0.5, 0.6) is 0 Å². The Kier molecular flexibility index (Phi) is 9.15. The van der Waals surface area contributed by atoms with Gasteiger partial charge < -0.3 is 15.4 Å². The third-order valence-electron chi connectivity index (χ3n) is 5.12. The van der Waals surface area contributed by atoms with Gasteiger partial charge in [-0.15, -0.1) is 11.8 Å². The van der Waals surface area contributed by atoms with E-state index in [1.165, 1.54) is 33.9 Å². The maximum atomic E-state index is 13.1. The number of aromatic amines is 1. The van der Waals surface area contributed by atoms with Crippen LogP contribution in [0.2, 0.25) is 0 Å². The smallest absolute Gasteiger partial charge is 0.330 e. The number of nitrogen functional groups attached to an aromatic ring is 1. The number of nitrogens with two attached hydrogens (primary N) is 1. The van der Waals surface area contributed by atoms with Crippen molar-refractivity contribution in [2.45, 2.75) is 57.4 Å². The molecule has 0 unspecified atom stereocenters. The van der Waals surface area contributed by atoms with Crippen molar-refractivity contribution in [3.05, 3.63) is 50.7 Å². The highest BCUT2D eigenvalue weighted by atomic mass is 32.2. The van der Waals surface area contributed by atoms with Crippen LogP contribution in [0, 0.1) is 0 Å². The average Bonchev–Trinajstić information content (AvgIpc) is 2.73. The number of H-pyrrole nitrogens is 1. The Hall–Kier alpha value is -2.52. The number of carbonyl (C=O) groups is 1. The highest BCUT2D eigenvalue weighted by Gasteiger charge is 2.24. The van der Waals surface area contributed by atoms with Crippen molar-refractivity contribution in [3.8, 4) is 0 Å². The zero-order valence-corrected chi connectivity index (χ0v) is 20.4. The SMILES string of the molecule is CCCCn1c(N)c(N(CCOC)C(=O)CSc2ccc(C(C)(C)C)cc2)c(=O)[nH]c1=O. The fourth-order valence-electron chi connectivity index (χ4n) is 3.19. The quantitative estimate of drug-likeness (QED) is 0.525. The predicted octanol–water partition coefficient (Wildman–Crippen LogP) is 2.99. The van der Waals surface area contributed by atoms with Gasteiger partial charge in [-0.2, -0.15) is 0 Å². The molecule has 176 valence electrons. The Balaban J connectivity index is 2.29. The van der Waals surface area contributed by atoms with Crippen LogP contribution in [0.15, 0.2) is 38.8 Å². The Labute approximate surface area is 193 Å². The first kappa shape index (κ1) is 25.7. The van der Waals surface area contributed by atoms with Crippen LogP contribution >= 0.6 is 11.8 Å². The number of hydrogen-bond acceptors (Lipinski definition) is 6. The molecule has 1 amide bonds. The largest absolute Gasteiger partial charge is 0.383 e. The summed E-state index contributed by atoms with van der Waals surface area (Å²) in [5.74, 6) is -0.174. The fraction of sp³-hybridized carbons (Fsp3) is 0.522. The van der Waals surface area contributed by atoms with Gasteiger partial charge in [-0.25, -0.2) is 4.79 Å². The van der Waals surface area contributed by atoms with Gasteiger partial charge in [0.1, 0.15) is 5.82 Å². The number of benzene rings is 1. The van der Waals surface area contributed by atoms with E-state index in [1.54, 1.807) is 0 Å². The summed E-state index contributed by atoms with van der Waals surface area (Å²) in [5, 5.41) is 0. The predicted molar refractivity (Wildman–Crippen MR) is 131 cm³/mol. The summed E-state index contributed by atoms with van der Waals surface area (Å²) in [6.07, 6.45) is 1.58. The van der Waals surface area contributed by atoms with Gasteiger partial charge in [-0.05, 0) is 29.5 Å². The number of ether oxygens (including phenoxy) is 1. The van der Waals surface area contributed by atoms with Crippen LogP contribution in [0.1, 0.15) is 46.1 Å². The molecule has 0 atom stereocenters. The number of nitrogens with zero attached hydrogens (tertiary/aromatic N) is 2.